The summed E-state index contributed by atoms with van der Waals surface area (Å²) in [4.78, 5) is 15.1. The van der Waals surface area contributed by atoms with Crippen LogP contribution >= 0.6 is 0 Å². The largest absolute Gasteiger partial charge is 0.464 e. The number of carbonyl (C=O) groups is 1. The van der Waals surface area contributed by atoms with Crippen LogP contribution in [0.4, 0.5) is 0 Å². The Bertz CT molecular complexity index is 237. The molecular weight excluding hydrogens is 208 g/mol. The number of aliphatic imine (C=N–C) groups is 1. The lowest BCUT2D eigenvalue weighted by Crippen LogP contribution is -2.33. The van der Waals surface area contributed by atoms with E-state index in [1.165, 1.54) is 0 Å². The third-order valence-corrected chi connectivity index (χ3v) is 1.83. The Balaban J connectivity index is 3.67. The monoisotopic (exact) mass is 230 g/mol. The molecule has 6 heteroatoms. The fourth-order valence-corrected chi connectivity index (χ4v) is 0.993. The molecule has 0 aromatic heterocycles. The van der Waals surface area contributed by atoms with E-state index in [0.29, 0.717) is 31.9 Å². The van der Waals surface area contributed by atoms with Crippen molar-refractivity contribution in [1.29, 1.82) is 0 Å². The predicted molar refractivity (Wildman–Crippen MR) is 63.7 cm³/mol. The highest BCUT2D eigenvalue weighted by molar-refractivity contribution is 5.76. The average Bonchev–Trinajstić information content (AvgIpc) is 2.20. The molecule has 0 aliphatic rings. The Morgan fingerprint density at radius 2 is 2.00 bits per heavy atom. The van der Waals surface area contributed by atoms with Crippen LogP contribution in [0.3, 0.4) is 0 Å². The van der Waals surface area contributed by atoms with Gasteiger partial charge in [0, 0.05) is 6.54 Å². The van der Waals surface area contributed by atoms with E-state index in [1.54, 1.807) is 0 Å². The zero-order valence-electron chi connectivity index (χ0n) is 9.98. The van der Waals surface area contributed by atoms with Crippen LogP contribution in [0.1, 0.15) is 26.7 Å². The van der Waals surface area contributed by atoms with E-state index in [0.717, 1.165) is 0 Å². The lowest BCUT2D eigenvalue weighted by molar-refractivity contribution is -0.146. The van der Waals surface area contributed by atoms with Gasteiger partial charge in [-0.25, -0.2) is 0 Å². The molecule has 6 N–H and O–H groups in total. The third kappa shape index (κ3) is 8.05. The molecule has 0 rings (SSSR count). The van der Waals surface area contributed by atoms with Crippen LogP contribution in [0.2, 0.25) is 0 Å². The van der Waals surface area contributed by atoms with Crippen LogP contribution in [-0.4, -0.2) is 31.1 Å². The maximum atomic E-state index is 11.3. The quantitative estimate of drug-likeness (QED) is 0.237. The second-order valence-corrected chi connectivity index (χ2v) is 4.08. The van der Waals surface area contributed by atoms with Gasteiger partial charge in [0.25, 0.3) is 0 Å². The summed E-state index contributed by atoms with van der Waals surface area (Å²) in [6.07, 6.45) is 1.18. The number of nitrogens with zero attached hydrogens (tertiary/aromatic N) is 1. The van der Waals surface area contributed by atoms with E-state index in [-0.39, 0.29) is 11.9 Å². The van der Waals surface area contributed by atoms with Crippen molar-refractivity contribution in [3.8, 4) is 0 Å². The molecule has 94 valence electrons. The number of hydrogen-bond donors (Lipinski definition) is 3. The predicted octanol–water partition coefficient (Wildman–Crippen LogP) is -0.433. The molecule has 16 heavy (non-hydrogen) atoms. The molecule has 0 radical (unpaired) electrons. The van der Waals surface area contributed by atoms with Crippen LogP contribution < -0.4 is 17.2 Å². The average molecular weight is 230 g/mol. The van der Waals surface area contributed by atoms with Crippen molar-refractivity contribution in [2.75, 3.05) is 13.2 Å². The highest BCUT2D eigenvalue weighted by Gasteiger charge is 2.14. The molecule has 0 spiro atoms. The van der Waals surface area contributed by atoms with Gasteiger partial charge >= 0.3 is 5.97 Å². The van der Waals surface area contributed by atoms with Gasteiger partial charge in [-0.1, -0.05) is 13.8 Å². The van der Waals surface area contributed by atoms with E-state index in [4.69, 9.17) is 21.9 Å². The van der Waals surface area contributed by atoms with Crippen LogP contribution in [0.25, 0.3) is 0 Å². The molecular formula is C10H22N4O2. The molecule has 0 heterocycles. The van der Waals surface area contributed by atoms with Gasteiger partial charge in [-0.05, 0) is 18.8 Å². The molecule has 1 atom stereocenters. The van der Waals surface area contributed by atoms with Gasteiger partial charge in [0.1, 0.15) is 6.04 Å². The number of esters is 1. The first-order valence-electron chi connectivity index (χ1n) is 5.41. The molecule has 0 bridgehead atoms. The number of ether oxygens (including phenoxy) is 1. The third-order valence-electron chi connectivity index (χ3n) is 1.83. The molecule has 0 unspecified atom stereocenters. The molecule has 0 aromatic rings. The second kappa shape index (κ2) is 7.92. The Morgan fingerprint density at radius 1 is 1.38 bits per heavy atom. The zero-order chi connectivity index (χ0) is 12.6. The summed E-state index contributed by atoms with van der Waals surface area (Å²) in [6.45, 7) is 4.82. The smallest absolute Gasteiger partial charge is 0.322 e. The number of nitrogens with two attached hydrogens (primary N) is 3. The number of guanidine groups is 1. The lowest BCUT2D eigenvalue weighted by atomic mass is 10.1. The zero-order valence-corrected chi connectivity index (χ0v) is 9.98. The van der Waals surface area contributed by atoms with Crippen LogP contribution in [0.5, 0.6) is 0 Å². The Labute approximate surface area is 96.2 Å². The van der Waals surface area contributed by atoms with E-state index < -0.39 is 6.04 Å². The summed E-state index contributed by atoms with van der Waals surface area (Å²) in [6, 6.07) is -0.590. The molecule has 0 saturated heterocycles. The van der Waals surface area contributed by atoms with Crippen molar-refractivity contribution < 1.29 is 9.53 Å². The summed E-state index contributed by atoms with van der Waals surface area (Å²) in [5.74, 6) is 0.00662. The van der Waals surface area contributed by atoms with Crippen molar-refractivity contribution in [3.05, 3.63) is 0 Å². The molecule has 0 aliphatic heterocycles. The Hall–Kier alpha value is -1.30. The lowest BCUT2D eigenvalue weighted by Gasteiger charge is -2.12. The van der Waals surface area contributed by atoms with Gasteiger partial charge in [-0.2, -0.15) is 0 Å². The summed E-state index contributed by atoms with van der Waals surface area (Å²) < 4.78 is 4.99. The van der Waals surface area contributed by atoms with Crippen LogP contribution in [0.15, 0.2) is 4.99 Å². The minimum atomic E-state index is -0.590. The first kappa shape index (κ1) is 14.7. The molecule has 0 saturated carbocycles. The standard InChI is InChI=1S/C10H22N4O2/c1-7(2)6-16-9(15)8(11)4-3-5-14-10(12)13/h7-8H,3-6,11H2,1-2H3,(H4,12,13,14)/t8-/m0/s1. The fraction of sp³-hybridized carbons (Fsp3) is 0.800. The normalized spacial score (nSPS) is 12.2. The summed E-state index contributed by atoms with van der Waals surface area (Å²) in [5, 5.41) is 0. The highest BCUT2D eigenvalue weighted by Crippen LogP contribution is 2.00. The fourth-order valence-electron chi connectivity index (χ4n) is 0.993. The van der Waals surface area contributed by atoms with Crippen molar-refractivity contribution in [2.24, 2.45) is 28.1 Å². The number of carbonyl (C=O) groups excluding carboxylic acids is 1. The molecule has 6 nitrogen and oxygen atoms in total. The van der Waals surface area contributed by atoms with Crippen molar-refractivity contribution in [3.63, 3.8) is 0 Å². The van der Waals surface area contributed by atoms with E-state index >= 15 is 0 Å². The molecule has 0 aliphatic carbocycles. The highest BCUT2D eigenvalue weighted by atomic mass is 16.5. The topological polar surface area (TPSA) is 117 Å². The Morgan fingerprint density at radius 3 is 2.50 bits per heavy atom. The summed E-state index contributed by atoms with van der Waals surface area (Å²) in [7, 11) is 0. The maximum absolute atomic E-state index is 11.3. The second-order valence-electron chi connectivity index (χ2n) is 4.08. The first-order chi connectivity index (χ1) is 7.43. The SMILES string of the molecule is CC(C)COC(=O)[C@@H](N)CCCN=C(N)N. The summed E-state index contributed by atoms with van der Waals surface area (Å²) >= 11 is 0. The molecule has 0 aromatic carbocycles. The van der Waals surface area contributed by atoms with Gasteiger partial charge in [-0.15, -0.1) is 0 Å². The minimum absolute atomic E-state index is 0.0518. The number of hydrogen-bond acceptors (Lipinski definition) is 4. The Kier molecular flexibility index (Phi) is 7.28. The van der Waals surface area contributed by atoms with Crippen LogP contribution in [0, 0.1) is 5.92 Å². The van der Waals surface area contributed by atoms with E-state index in [2.05, 4.69) is 4.99 Å². The van der Waals surface area contributed by atoms with E-state index in [1.807, 2.05) is 13.8 Å². The van der Waals surface area contributed by atoms with Gasteiger partial charge in [0.05, 0.1) is 6.61 Å². The maximum Gasteiger partial charge on any atom is 0.322 e. The van der Waals surface area contributed by atoms with Crippen molar-refractivity contribution in [1.82, 2.24) is 0 Å². The minimum Gasteiger partial charge on any atom is -0.464 e. The first-order valence-corrected chi connectivity index (χ1v) is 5.41. The molecule has 0 fully saturated rings. The van der Waals surface area contributed by atoms with E-state index in [9.17, 15) is 4.79 Å². The van der Waals surface area contributed by atoms with Crippen LogP contribution in [-0.2, 0) is 9.53 Å². The van der Waals surface area contributed by atoms with Crippen molar-refractivity contribution in [2.45, 2.75) is 32.7 Å². The van der Waals surface area contributed by atoms with Gasteiger partial charge in [0.2, 0.25) is 0 Å². The summed E-state index contributed by atoms with van der Waals surface area (Å²) in [5.41, 5.74) is 15.9. The van der Waals surface area contributed by atoms with Crippen molar-refractivity contribution >= 4 is 11.9 Å². The number of rotatable bonds is 7. The van der Waals surface area contributed by atoms with Gasteiger partial charge in [-0.3, -0.25) is 9.79 Å². The molecule has 0 amide bonds. The van der Waals surface area contributed by atoms with Gasteiger partial charge in [0.15, 0.2) is 5.96 Å². The van der Waals surface area contributed by atoms with Gasteiger partial charge < -0.3 is 21.9 Å².